The minimum Gasteiger partial charge on any atom is -0.392 e. The van der Waals surface area contributed by atoms with Gasteiger partial charge in [0.05, 0.1) is 6.61 Å². The molecule has 3 nitrogen and oxygen atoms in total. The van der Waals surface area contributed by atoms with Crippen LogP contribution in [0, 0.1) is 6.92 Å². The van der Waals surface area contributed by atoms with Crippen LogP contribution in [0.4, 0.5) is 5.69 Å². The minimum absolute atomic E-state index is 0.0930. The number of amides is 1. The van der Waals surface area contributed by atoms with Gasteiger partial charge in [-0.05, 0) is 31.2 Å². The molecular formula is C15H15NO2S. The summed E-state index contributed by atoms with van der Waals surface area (Å²) in [6.45, 7) is 1.93. The van der Waals surface area contributed by atoms with Gasteiger partial charge in [0.2, 0.25) is 5.91 Å². The van der Waals surface area contributed by atoms with Gasteiger partial charge in [-0.1, -0.05) is 18.2 Å². The van der Waals surface area contributed by atoms with Crippen LogP contribution in [0.2, 0.25) is 0 Å². The third-order valence-electron chi connectivity index (χ3n) is 2.61. The van der Waals surface area contributed by atoms with Crippen LogP contribution < -0.4 is 5.32 Å². The molecule has 1 aromatic carbocycles. The van der Waals surface area contributed by atoms with Crippen LogP contribution in [-0.2, 0) is 11.4 Å². The molecule has 2 N–H and O–H groups in total. The van der Waals surface area contributed by atoms with Gasteiger partial charge in [0.1, 0.15) is 0 Å². The summed E-state index contributed by atoms with van der Waals surface area (Å²) in [6.07, 6.45) is 3.29. The SMILES string of the molecule is Cc1ccc(C=CC(=O)Nc2ccccc2CO)s1. The molecule has 98 valence electrons. The number of thiophene rings is 1. The monoisotopic (exact) mass is 273 g/mol. The molecular weight excluding hydrogens is 258 g/mol. The lowest BCUT2D eigenvalue weighted by Crippen LogP contribution is -2.09. The Labute approximate surface area is 116 Å². The summed E-state index contributed by atoms with van der Waals surface area (Å²) in [5.74, 6) is -0.202. The molecule has 0 aliphatic rings. The van der Waals surface area contributed by atoms with Crippen molar-refractivity contribution in [3.05, 3.63) is 57.8 Å². The van der Waals surface area contributed by atoms with Gasteiger partial charge < -0.3 is 10.4 Å². The number of anilines is 1. The molecule has 1 amide bonds. The summed E-state index contributed by atoms with van der Waals surface area (Å²) in [4.78, 5) is 14.0. The fraction of sp³-hybridized carbons (Fsp3) is 0.133. The zero-order valence-electron chi connectivity index (χ0n) is 10.6. The van der Waals surface area contributed by atoms with Crippen LogP contribution in [0.15, 0.2) is 42.5 Å². The standard InChI is InChI=1S/C15H15NO2S/c1-11-6-7-13(19-11)8-9-15(18)16-14-5-3-2-4-12(14)10-17/h2-9,17H,10H2,1H3,(H,16,18). The van der Waals surface area contributed by atoms with E-state index in [0.29, 0.717) is 11.3 Å². The molecule has 0 saturated heterocycles. The smallest absolute Gasteiger partial charge is 0.248 e. The molecule has 0 fully saturated rings. The zero-order valence-corrected chi connectivity index (χ0v) is 11.4. The number of carbonyl (C=O) groups excluding carboxylic acids is 1. The Bertz CT molecular complexity index is 602. The van der Waals surface area contributed by atoms with Crippen molar-refractivity contribution >= 4 is 29.0 Å². The molecule has 0 unspecified atom stereocenters. The highest BCUT2D eigenvalue weighted by atomic mass is 32.1. The topological polar surface area (TPSA) is 49.3 Å². The number of benzene rings is 1. The number of hydrogen-bond donors (Lipinski definition) is 2. The van der Waals surface area contributed by atoms with Crippen molar-refractivity contribution in [3.63, 3.8) is 0 Å². The van der Waals surface area contributed by atoms with Gasteiger partial charge in [0, 0.05) is 27.1 Å². The van der Waals surface area contributed by atoms with E-state index in [2.05, 4.69) is 5.32 Å². The van der Waals surface area contributed by atoms with Crippen molar-refractivity contribution < 1.29 is 9.90 Å². The van der Waals surface area contributed by atoms with Crippen molar-refractivity contribution in [3.8, 4) is 0 Å². The van der Waals surface area contributed by atoms with Crippen LogP contribution in [0.3, 0.4) is 0 Å². The third kappa shape index (κ3) is 3.77. The van der Waals surface area contributed by atoms with E-state index in [-0.39, 0.29) is 12.5 Å². The molecule has 0 aliphatic carbocycles. The Balaban J connectivity index is 2.03. The number of aryl methyl sites for hydroxylation is 1. The van der Waals surface area contributed by atoms with Gasteiger partial charge in [0.15, 0.2) is 0 Å². The summed E-state index contributed by atoms with van der Waals surface area (Å²) in [7, 11) is 0. The number of aliphatic hydroxyl groups excluding tert-OH is 1. The van der Waals surface area contributed by atoms with Crippen LogP contribution in [-0.4, -0.2) is 11.0 Å². The highest BCUT2D eigenvalue weighted by Crippen LogP contribution is 2.17. The largest absolute Gasteiger partial charge is 0.392 e. The number of rotatable bonds is 4. The minimum atomic E-state index is -0.202. The van der Waals surface area contributed by atoms with Crippen molar-refractivity contribution in [1.29, 1.82) is 0 Å². The molecule has 0 saturated carbocycles. The molecule has 0 bridgehead atoms. The highest BCUT2D eigenvalue weighted by Gasteiger charge is 2.03. The van der Waals surface area contributed by atoms with Gasteiger partial charge in [-0.3, -0.25) is 4.79 Å². The Morgan fingerprint density at radius 2 is 2.11 bits per heavy atom. The van der Waals surface area contributed by atoms with Crippen molar-refractivity contribution in [1.82, 2.24) is 0 Å². The van der Waals surface area contributed by atoms with E-state index >= 15 is 0 Å². The van der Waals surface area contributed by atoms with E-state index in [9.17, 15) is 9.90 Å². The Morgan fingerprint density at radius 1 is 1.32 bits per heavy atom. The maximum Gasteiger partial charge on any atom is 0.248 e. The van der Waals surface area contributed by atoms with E-state index in [1.807, 2.05) is 31.2 Å². The van der Waals surface area contributed by atoms with Crippen molar-refractivity contribution in [2.75, 3.05) is 5.32 Å². The van der Waals surface area contributed by atoms with E-state index in [1.54, 1.807) is 29.5 Å². The summed E-state index contributed by atoms with van der Waals surface area (Å²) in [6, 6.07) is 11.2. The Kier molecular flexibility index (Phi) is 4.49. The molecule has 0 radical (unpaired) electrons. The van der Waals surface area contributed by atoms with Gasteiger partial charge in [-0.25, -0.2) is 0 Å². The fourth-order valence-corrected chi connectivity index (χ4v) is 2.44. The molecule has 19 heavy (non-hydrogen) atoms. The molecule has 2 rings (SSSR count). The average molecular weight is 273 g/mol. The lowest BCUT2D eigenvalue weighted by molar-refractivity contribution is -0.111. The van der Waals surface area contributed by atoms with Crippen LogP contribution in [0.1, 0.15) is 15.3 Å². The van der Waals surface area contributed by atoms with Crippen LogP contribution in [0.5, 0.6) is 0 Å². The number of hydrogen-bond acceptors (Lipinski definition) is 3. The molecule has 0 spiro atoms. The van der Waals surface area contributed by atoms with Crippen LogP contribution in [0.25, 0.3) is 6.08 Å². The highest BCUT2D eigenvalue weighted by molar-refractivity contribution is 7.12. The summed E-state index contributed by atoms with van der Waals surface area (Å²) in [5, 5.41) is 11.9. The van der Waals surface area contributed by atoms with Crippen molar-refractivity contribution in [2.24, 2.45) is 0 Å². The first-order valence-corrected chi connectivity index (χ1v) is 6.75. The van der Waals surface area contributed by atoms with E-state index in [4.69, 9.17) is 0 Å². The van der Waals surface area contributed by atoms with Crippen molar-refractivity contribution in [2.45, 2.75) is 13.5 Å². The van der Waals surface area contributed by atoms with E-state index in [0.717, 1.165) is 4.88 Å². The second-order valence-electron chi connectivity index (χ2n) is 4.09. The predicted octanol–water partition coefficient (Wildman–Crippen LogP) is 3.20. The molecule has 0 aliphatic heterocycles. The molecule has 0 atom stereocenters. The molecule has 1 aromatic heterocycles. The van der Waals surface area contributed by atoms with Gasteiger partial charge >= 0.3 is 0 Å². The Hall–Kier alpha value is -1.91. The number of para-hydroxylation sites is 1. The molecule has 4 heteroatoms. The summed E-state index contributed by atoms with van der Waals surface area (Å²) in [5.41, 5.74) is 1.35. The first-order valence-electron chi connectivity index (χ1n) is 5.93. The van der Waals surface area contributed by atoms with E-state index < -0.39 is 0 Å². The first-order chi connectivity index (χ1) is 9.19. The third-order valence-corrected chi connectivity index (χ3v) is 3.57. The number of nitrogens with one attached hydrogen (secondary N) is 1. The quantitative estimate of drug-likeness (QED) is 0.840. The fourth-order valence-electron chi connectivity index (χ4n) is 1.66. The number of carbonyl (C=O) groups is 1. The molecule has 2 aromatic rings. The Morgan fingerprint density at radius 3 is 2.79 bits per heavy atom. The van der Waals surface area contributed by atoms with Gasteiger partial charge in [-0.2, -0.15) is 0 Å². The maximum atomic E-state index is 11.8. The predicted molar refractivity (Wildman–Crippen MR) is 79.1 cm³/mol. The lowest BCUT2D eigenvalue weighted by Gasteiger charge is -2.06. The summed E-state index contributed by atoms with van der Waals surface area (Å²) >= 11 is 1.64. The van der Waals surface area contributed by atoms with Gasteiger partial charge in [-0.15, -0.1) is 11.3 Å². The molecule has 1 heterocycles. The van der Waals surface area contributed by atoms with Gasteiger partial charge in [0.25, 0.3) is 0 Å². The second-order valence-corrected chi connectivity index (χ2v) is 5.41. The number of aliphatic hydroxyl groups is 1. The van der Waals surface area contributed by atoms with Crippen LogP contribution >= 0.6 is 11.3 Å². The summed E-state index contributed by atoms with van der Waals surface area (Å²) < 4.78 is 0. The normalized spacial score (nSPS) is 10.8. The van der Waals surface area contributed by atoms with E-state index in [1.165, 1.54) is 11.0 Å². The second kappa shape index (κ2) is 6.31. The average Bonchev–Trinajstić information content (AvgIpc) is 2.83. The zero-order chi connectivity index (χ0) is 13.7. The maximum absolute atomic E-state index is 11.8. The first kappa shape index (κ1) is 13.5. The lowest BCUT2D eigenvalue weighted by atomic mass is 10.2.